The van der Waals surface area contributed by atoms with E-state index in [1.807, 2.05) is 42.5 Å². The molecule has 1 aliphatic heterocycles. The average Bonchev–Trinajstić information content (AvgIpc) is 3.31. The molecule has 0 unspecified atom stereocenters. The zero-order valence-corrected chi connectivity index (χ0v) is 14.8. The summed E-state index contributed by atoms with van der Waals surface area (Å²) in [5.41, 5.74) is 4.59. The standard InChI is InChI=1S/C20H21N5O/c1-12(2)18-23-19(25-24-18)16-5-3-4-6-17(16)22-20(26)13-7-8-14-10-21-11-15(14)9-13/h3-9,12,21H,10-11H2,1-2H3,(H,22,26)(H,23,24,25). The lowest BCUT2D eigenvalue weighted by Gasteiger charge is -2.10. The lowest BCUT2D eigenvalue weighted by molar-refractivity contribution is 0.102. The van der Waals surface area contributed by atoms with Gasteiger partial charge in [0, 0.05) is 30.1 Å². The van der Waals surface area contributed by atoms with Crippen LogP contribution < -0.4 is 10.6 Å². The highest BCUT2D eigenvalue weighted by atomic mass is 16.1. The van der Waals surface area contributed by atoms with Crippen LogP contribution in [-0.4, -0.2) is 21.1 Å². The zero-order chi connectivity index (χ0) is 18.1. The minimum Gasteiger partial charge on any atom is -0.321 e. The van der Waals surface area contributed by atoms with Gasteiger partial charge in [-0.25, -0.2) is 4.98 Å². The van der Waals surface area contributed by atoms with Gasteiger partial charge in [0.05, 0.1) is 5.69 Å². The number of aromatic amines is 1. The summed E-state index contributed by atoms with van der Waals surface area (Å²) >= 11 is 0. The summed E-state index contributed by atoms with van der Waals surface area (Å²) in [5, 5.41) is 13.6. The van der Waals surface area contributed by atoms with Crippen LogP contribution in [0.4, 0.5) is 5.69 Å². The van der Waals surface area contributed by atoms with Crippen molar-refractivity contribution in [2.24, 2.45) is 0 Å². The van der Waals surface area contributed by atoms with E-state index in [2.05, 4.69) is 39.7 Å². The van der Waals surface area contributed by atoms with Crippen LogP contribution in [0.25, 0.3) is 11.4 Å². The van der Waals surface area contributed by atoms with E-state index in [0.29, 0.717) is 17.1 Å². The molecule has 2 aromatic carbocycles. The molecule has 6 heteroatoms. The number of H-pyrrole nitrogens is 1. The van der Waals surface area contributed by atoms with Gasteiger partial charge in [-0.15, -0.1) is 0 Å². The van der Waals surface area contributed by atoms with Crippen molar-refractivity contribution in [3.8, 4) is 11.4 Å². The summed E-state index contributed by atoms with van der Waals surface area (Å²) < 4.78 is 0. The molecule has 0 saturated heterocycles. The van der Waals surface area contributed by atoms with E-state index in [4.69, 9.17) is 0 Å². The molecule has 0 atom stereocenters. The van der Waals surface area contributed by atoms with Gasteiger partial charge in [0.25, 0.3) is 5.91 Å². The zero-order valence-electron chi connectivity index (χ0n) is 14.8. The van der Waals surface area contributed by atoms with Crippen LogP contribution in [0.2, 0.25) is 0 Å². The quantitative estimate of drug-likeness (QED) is 0.675. The largest absolute Gasteiger partial charge is 0.321 e. The van der Waals surface area contributed by atoms with Crippen molar-refractivity contribution in [2.75, 3.05) is 5.32 Å². The molecule has 0 aliphatic carbocycles. The predicted molar refractivity (Wildman–Crippen MR) is 101 cm³/mol. The smallest absolute Gasteiger partial charge is 0.255 e. The van der Waals surface area contributed by atoms with E-state index < -0.39 is 0 Å². The molecule has 1 aliphatic rings. The van der Waals surface area contributed by atoms with Gasteiger partial charge in [0.2, 0.25) is 0 Å². The lowest BCUT2D eigenvalue weighted by Crippen LogP contribution is -2.13. The second kappa shape index (κ2) is 6.72. The third-order valence-corrected chi connectivity index (χ3v) is 4.57. The number of benzene rings is 2. The van der Waals surface area contributed by atoms with Gasteiger partial charge >= 0.3 is 0 Å². The third-order valence-electron chi connectivity index (χ3n) is 4.57. The number of rotatable bonds is 4. The number of nitrogens with one attached hydrogen (secondary N) is 3. The maximum atomic E-state index is 12.7. The maximum absolute atomic E-state index is 12.7. The van der Waals surface area contributed by atoms with E-state index in [-0.39, 0.29) is 11.8 Å². The maximum Gasteiger partial charge on any atom is 0.255 e. The highest BCUT2D eigenvalue weighted by Crippen LogP contribution is 2.27. The second-order valence-corrected chi connectivity index (χ2v) is 6.79. The van der Waals surface area contributed by atoms with Gasteiger partial charge < -0.3 is 10.6 Å². The monoisotopic (exact) mass is 347 g/mol. The van der Waals surface area contributed by atoms with E-state index in [0.717, 1.165) is 24.5 Å². The molecule has 1 amide bonds. The molecule has 4 rings (SSSR count). The van der Waals surface area contributed by atoms with Crippen LogP contribution in [-0.2, 0) is 13.1 Å². The SMILES string of the molecule is CC(C)c1nc(-c2ccccc2NC(=O)c2ccc3c(c2)CNC3)n[nH]1. The van der Waals surface area contributed by atoms with Crippen molar-refractivity contribution >= 4 is 11.6 Å². The number of carbonyl (C=O) groups is 1. The predicted octanol–water partition coefficient (Wildman–Crippen LogP) is 3.45. The van der Waals surface area contributed by atoms with Crippen molar-refractivity contribution in [1.29, 1.82) is 0 Å². The second-order valence-electron chi connectivity index (χ2n) is 6.79. The number of amides is 1. The first-order valence-electron chi connectivity index (χ1n) is 8.77. The highest BCUT2D eigenvalue weighted by molar-refractivity contribution is 6.06. The van der Waals surface area contributed by atoms with Crippen LogP contribution >= 0.6 is 0 Å². The van der Waals surface area contributed by atoms with Gasteiger partial charge in [0.15, 0.2) is 5.82 Å². The topological polar surface area (TPSA) is 82.7 Å². The van der Waals surface area contributed by atoms with Crippen molar-refractivity contribution in [3.05, 3.63) is 65.0 Å². The third kappa shape index (κ3) is 3.11. The van der Waals surface area contributed by atoms with E-state index >= 15 is 0 Å². The number of para-hydroxylation sites is 1. The van der Waals surface area contributed by atoms with Crippen LogP contribution in [0.5, 0.6) is 0 Å². The Balaban J connectivity index is 1.61. The molecular formula is C20H21N5O. The van der Waals surface area contributed by atoms with Gasteiger partial charge in [-0.2, -0.15) is 5.10 Å². The summed E-state index contributed by atoms with van der Waals surface area (Å²) in [6, 6.07) is 13.4. The summed E-state index contributed by atoms with van der Waals surface area (Å²) in [6.07, 6.45) is 0. The number of nitrogens with zero attached hydrogens (tertiary/aromatic N) is 2. The number of hydrogen-bond donors (Lipinski definition) is 3. The van der Waals surface area contributed by atoms with Gasteiger partial charge in [-0.3, -0.25) is 9.89 Å². The molecule has 3 aromatic rings. The molecule has 26 heavy (non-hydrogen) atoms. The van der Waals surface area contributed by atoms with Crippen LogP contribution in [0.3, 0.4) is 0 Å². The van der Waals surface area contributed by atoms with Crippen molar-refractivity contribution in [1.82, 2.24) is 20.5 Å². The Morgan fingerprint density at radius 2 is 1.92 bits per heavy atom. The first-order chi connectivity index (χ1) is 12.6. The molecule has 6 nitrogen and oxygen atoms in total. The van der Waals surface area contributed by atoms with Crippen molar-refractivity contribution in [3.63, 3.8) is 0 Å². The Hall–Kier alpha value is -2.99. The van der Waals surface area contributed by atoms with Crippen LogP contribution in [0, 0.1) is 0 Å². The van der Waals surface area contributed by atoms with Crippen molar-refractivity contribution < 1.29 is 4.79 Å². The molecule has 0 fully saturated rings. The molecule has 2 heterocycles. The van der Waals surface area contributed by atoms with E-state index in [1.54, 1.807) is 0 Å². The highest BCUT2D eigenvalue weighted by Gasteiger charge is 2.16. The van der Waals surface area contributed by atoms with E-state index in [1.165, 1.54) is 11.1 Å². The molecule has 0 saturated carbocycles. The number of hydrogen-bond acceptors (Lipinski definition) is 4. The molecule has 0 radical (unpaired) electrons. The fraction of sp³-hybridized carbons (Fsp3) is 0.250. The Bertz CT molecular complexity index is 960. The minimum atomic E-state index is -0.133. The van der Waals surface area contributed by atoms with Crippen LogP contribution in [0.15, 0.2) is 42.5 Å². The van der Waals surface area contributed by atoms with Crippen molar-refractivity contribution in [2.45, 2.75) is 32.9 Å². The van der Waals surface area contributed by atoms with Gasteiger partial charge in [-0.05, 0) is 35.4 Å². The average molecular weight is 347 g/mol. The number of aromatic nitrogens is 3. The van der Waals surface area contributed by atoms with Gasteiger partial charge in [-0.1, -0.05) is 32.0 Å². The molecular weight excluding hydrogens is 326 g/mol. The number of fused-ring (bicyclic) bond motifs is 1. The lowest BCUT2D eigenvalue weighted by atomic mass is 10.1. The minimum absolute atomic E-state index is 0.133. The summed E-state index contributed by atoms with van der Waals surface area (Å²) in [4.78, 5) is 17.3. The summed E-state index contributed by atoms with van der Waals surface area (Å²) in [7, 11) is 0. The first kappa shape index (κ1) is 16.5. The Labute approximate surface area is 152 Å². The fourth-order valence-corrected chi connectivity index (χ4v) is 3.07. The Morgan fingerprint density at radius 1 is 1.12 bits per heavy atom. The molecule has 3 N–H and O–H groups in total. The normalized spacial score (nSPS) is 13.0. The van der Waals surface area contributed by atoms with E-state index in [9.17, 15) is 4.79 Å². The molecule has 0 spiro atoms. The number of anilines is 1. The molecule has 132 valence electrons. The first-order valence-corrected chi connectivity index (χ1v) is 8.77. The van der Waals surface area contributed by atoms with Crippen LogP contribution in [0.1, 0.15) is 47.1 Å². The molecule has 1 aromatic heterocycles. The Kier molecular flexibility index (Phi) is 4.26. The number of carbonyl (C=O) groups excluding carboxylic acids is 1. The summed E-state index contributed by atoms with van der Waals surface area (Å²) in [5.74, 6) is 1.54. The summed E-state index contributed by atoms with van der Waals surface area (Å²) in [6.45, 7) is 5.78. The van der Waals surface area contributed by atoms with Gasteiger partial charge in [0.1, 0.15) is 5.82 Å². The molecule has 0 bridgehead atoms. The Morgan fingerprint density at radius 3 is 2.73 bits per heavy atom. The fourth-order valence-electron chi connectivity index (χ4n) is 3.07.